The van der Waals surface area contributed by atoms with E-state index < -0.39 is 17.9 Å². The van der Waals surface area contributed by atoms with Crippen LogP contribution in [0.1, 0.15) is 18.1 Å². The first-order valence-electron chi connectivity index (χ1n) is 6.16. The van der Waals surface area contributed by atoms with Crippen LogP contribution in [0.3, 0.4) is 0 Å². The molecule has 1 unspecified atom stereocenters. The molecule has 0 radical (unpaired) electrons. The van der Waals surface area contributed by atoms with Gasteiger partial charge in [0.2, 0.25) is 17.7 Å². The van der Waals surface area contributed by atoms with Crippen molar-refractivity contribution >= 4 is 17.7 Å². The Hall–Kier alpha value is -2.17. The highest BCUT2D eigenvalue weighted by Crippen LogP contribution is 2.12. The number of benzene rings is 1. The highest BCUT2D eigenvalue weighted by Gasteiger charge is 2.33. The molecule has 1 heterocycles. The average molecular weight is 260 g/mol. The van der Waals surface area contributed by atoms with Gasteiger partial charge < -0.3 is 4.90 Å². The third-order valence-electron chi connectivity index (χ3n) is 3.35. The van der Waals surface area contributed by atoms with Crippen molar-refractivity contribution in [1.29, 1.82) is 0 Å². The minimum absolute atomic E-state index is 0.0579. The highest BCUT2D eigenvalue weighted by molar-refractivity contribution is 6.04. The molecule has 3 amide bonds. The van der Waals surface area contributed by atoms with E-state index in [1.165, 1.54) is 4.90 Å². The summed E-state index contributed by atoms with van der Waals surface area (Å²) in [6.45, 7) is 3.50. The van der Waals surface area contributed by atoms with Gasteiger partial charge in [0.25, 0.3) is 0 Å². The normalized spacial score (nSPS) is 19.3. The zero-order valence-corrected chi connectivity index (χ0v) is 11.0. The number of imide groups is 1. The van der Waals surface area contributed by atoms with Gasteiger partial charge in [0.15, 0.2) is 0 Å². The van der Waals surface area contributed by atoms with Gasteiger partial charge in [-0.15, -0.1) is 0 Å². The number of hydrogen-bond donors (Lipinski definition) is 1. The predicted octanol–water partition coefficient (Wildman–Crippen LogP) is 0.411. The Morgan fingerprint density at radius 3 is 2.74 bits per heavy atom. The number of nitrogens with zero attached hydrogens (tertiary/aromatic N) is 1. The fraction of sp³-hybridized carbons (Fsp3) is 0.357. The summed E-state index contributed by atoms with van der Waals surface area (Å²) in [5.74, 6) is -1.05. The van der Waals surface area contributed by atoms with E-state index in [-0.39, 0.29) is 18.9 Å². The first kappa shape index (κ1) is 13.3. The van der Waals surface area contributed by atoms with Gasteiger partial charge in [0.1, 0.15) is 12.6 Å². The van der Waals surface area contributed by atoms with Gasteiger partial charge in [-0.1, -0.05) is 24.3 Å². The Balaban J connectivity index is 2.13. The van der Waals surface area contributed by atoms with Gasteiger partial charge in [-0.25, -0.2) is 0 Å². The first-order chi connectivity index (χ1) is 8.99. The van der Waals surface area contributed by atoms with Crippen molar-refractivity contribution in [3.8, 4) is 0 Å². The Labute approximate surface area is 111 Å². The Morgan fingerprint density at radius 2 is 2.05 bits per heavy atom. The van der Waals surface area contributed by atoms with E-state index in [9.17, 15) is 14.4 Å². The van der Waals surface area contributed by atoms with Crippen LogP contribution in [0.2, 0.25) is 0 Å². The van der Waals surface area contributed by atoms with Crippen molar-refractivity contribution in [3.63, 3.8) is 0 Å². The summed E-state index contributed by atoms with van der Waals surface area (Å²) in [4.78, 5) is 36.4. The van der Waals surface area contributed by atoms with Crippen LogP contribution in [0.5, 0.6) is 0 Å². The van der Waals surface area contributed by atoms with Gasteiger partial charge in [0.05, 0.1) is 6.42 Å². The Bertz CT molecular complexity index is 539. The third-order valence-corrected chi connectivity index (χ3v) is 3.35. The van der Waals surface area contributed by atoms with Crippen LogP contribution in [-0.2, 0) is 20.8 Å². The molecule has 1 saturated heterocycles. The summed E-state index contributed by atoms with van der Waals surface area (Å²) in [6.07, 6.45) is 0.206. The topological polar surface area (TPSA) is 66.5 Å². The lowest BCUT2D eigenvalue weighted by atomic mass is 10.0. The number of carbonyl (C=O) groups excluding carboxylic acids is 3. The molecule has 2 rings (SSSR count). The van der Waals surface area contributed by atoms with Crippen LogP contribution in [-0.4, -0.2) is 35.2 Å². The number of carbonyl (C=O) groups is 3. The smallest absolute Gasteiger partial charge is 0.249 e. The second-order valence-electron chi connectivity index (χ2n) is 4.71. The van der Waals surface area contributed by atoms with Crippen molar-refractivity contribution < 1.29 is 14.4 Å². The maximum Gasteiger partial charge on any atom is 0.249 e. The number of aryl methyl sites for hydroxylation is 1. The van der Waals surface area contributed by atoms with Gasteiger partial charge in [-0.2, -0.15) is 0 Å². The number of nitrogens with one attached hydrogen (secondary N) is 1. The van der Waals surface area contributed by atoms with Crippen LogP contribution in [0, 0.1) is 6.92 Å². The van der Waals surface area contributed by atoms with E-state index in [1.807, 2.05) is 31.2 Å². The molecule has 5 nitrogen and oxygen atoms in total. The monoisotopic (exact) mass is 260 g/mol. The van der Waals surface area contributed by atoms with E-state index in [2.05, 4.69) is 5.32 Å². The largest absolute Gasteiger partial charge is 0.321 e. The molecule has 19 heavy (non-hydrogen) atoms. The maximum absolute atomic E-state index is 12.2. The molecule has 1 atom stereocenters. The zero-order valence-electron chi connectivity index (χ0n) is 11.0. The van der Waals surface area contributed by atoms with Crippen molar-refractivity contribution in [2.75, 3.05) is 6.54 Å². The molecule has 0 aromatic heterocycles. The number of amides is 3. The second-order valence-corrected chi connectivity index (χ2v) is 4.71. The van der Waals surface area contributed by atoms with E-state index in [0.29, 0.717) is 0 Å². The minimum atomic E-state index is -0.603. The highest BCUT2D eigenvalue weighted by atomic mass is 16.2. The van der Waals surface area contributed by atoms with Crippen LogP contribution < -0.4 is 5.32 Å². The summed E-state index contributed by atoms with van der Waals surface area (Å²) in [5, 5.41) is 2.22. The van der Waals surface area contributed by atoms with Crippen LogP contribution in [0.4, 0.5) is 0 Å². The average Bonchev–Trinajstić information content (AvgIpc) is 2.36. The lowest BCUT2D eigenvalue weighted by Gasteiger charge is -2.31. The standard InChI is InChI=1S/C14H16N2O3/c1-9-5-3-4-6-11(9)7-13(18)16-8-12(17)15-14(19)10(16)2/h3-6,10H,7-8H2,1-2H3,(H,15,17,19). The van der Waals surface area contributed by atoms with Crippen molar-refractivity contribution in [2.24, 2.45) is 0 Å². The fourth-order valence-corrected chi connectivity index (χ4v) is 2.09. The zero-order chi connectivity index (χ0) is 14.0. The predicted molar refractivity (Wildman–Crippen MR) is 69.2 cm³/mol. The molecular formula is C14H16N2O3. The second kappa shape index (κ2) is 5.22. The van der Waals surface area contributed by atoms with Gasteiger partial charge in [-0.05, 0) is 25.0 Å². The molecule has 0 spiro atoms. The fourth-order valence-electron chi connectivity index (χ4n) is 2.09. The number of piperazine rings is 1. The molecule has 1 aromatic rings. The molecule has 1 N–H and O–H groups in total. The minimum Gasteiger partial charge on any atom is -0.321 e. The van der Waals surface area contributed by atoms with Crippen LogP contribution >= 0.6 is 0 Å². The van der Waals surface area contributed by atoms with Crippen LogP contribution in [0.15, 0.2) is 24.3 Å². The molecule has 0 saturated carbocycles. The van der Waals surface area contributed by atoms with Crippen molar-refractivity contribution in [2.45, 2.75) is 26.3 Å². The molecule has 5 heteroatoms. The van der Waals surface area contributed by atoms with Gasteiger partial charge >= 0.3 is 0 Å². The molecule has 1 fully saturated rings. The third kappa shape index (κ3) is 2.81. The van der Waals surface area contributed by atoms with Crippen LogP contribution in [0.25, 0.3) is 0 Å². The molecule has 0 aliphatic carbocycles. The summed E-state index contributed by atoms with van der Waals surface area (Å²) < 4.78 is 0. The molecule has 1 aromatic carbocycles. The Kier molecular flexibility index (Phi) is 3.64. The maximum atomic E-state index is 12.2. The van der Waals surface area contributed by atoms with Gasteiger partial charge in [0, 0.05) is 0 Å². The Morgan fingerprint density at radius 1 is 1.37 bits per heavy atom. The van der Waals surface area contributed by atoms with E-state index in [0.717, 1.165) is 11.1 Å². The lowest BCUT2D eigenvalue weighted by molar-refractivity contribution is -0.149. The van der Waals surface area contributed by atoms with Crippen molar-refractivity contribution in [3.05, 3.63) is 35.4 Å². The molecule has 1 aliphatic rings. The quantitative estimate of drug-likeness (QED) is 0.783. The first-order valence-corrected chi connectivity index (χ1v) is 6.16. The molecular weight excluding hydrogens is 244 g/mol. The summed E-state index contributed by atoms with van der Waals surface area (Å²) >= 11 is 0. The lowest BCUT2D eigenvalue weighted by Crippen LogP contribution is -2.58. The van der Waals surface area contributed by atoms with Gasteiger partial charge in [-0.3, -0.25) is 19.7 Å². The summed E-state index contributed by atoms with van der Waals surface area (Å²) in [6, 6.07) is 6.98. The van der Waals surface area contributed by atoms with E-state index in [4.69, 9.17) is 0 Å². The van der Waals surface area contributed by atoms with Crippen molar-refractivity contribution in [1.82, 2.24) is 10.2 Å². The van der Waals surface area contributed by atoms with E-state index in [1.54, 1.807) is 6.92 Å². The van der Waals surface area contributed by atoms with E-state index >= 15 is 0 Å². The summed E-state index contributed by atoms with van der Waals surface area (Å²) in [5.41, 5.74) is 1.94. The number of hydrogen-bond acceptors (Lipinski definition) is 3. The molecule has 1 aliphatic heterocycles. The SMILES string of the molecule is Cc1ccccc1CC(=O)N1CC(=O)NC(=O)C1C. The molecule has 0 bridgehead atoms. The molecule has 100 valence electrons. The number of rotatable bonds is 2. The summed E-state index contributed by atoms with van der Waals surface area (Å²) in [7, 11) is 0.